The topological polar surface area (TPSA) is 0 Å². The number of hydrogen-bond donors (Lipinski definition) is 0. The van der Waals surface area contributed by atoms with E-state index in [9.17, 15) is 0 Å². The van der Waals surface area contributed by atoms with Gasteiger partial charge in [0.2, 0.25) is 0 Å². The van der Waals surface area contributed by atoms with Crippen molar-refractivity contribution in [2.24, 2.45) is 16.2 Å². The molecule has 3 aromatic carbocycles. The van der Waals surface area contributed by atoms with Crippen LogP contribution in [-0.4, -0.2) is 3.21 Å². The Kier molecular flexibility index (Phi) is 10.3. The van der Waals surface area contributed by atoms with Gasteiger partial charge in [-0.15, -0.1) is 0 Å². The van der Waals surface area contributed by atoms with E-state index in [1.54, 1.807) is 17.6 Å². The second-order valence-corrected chi connectivity index (χ2v) is 26.5. The molecule has 268 valence electrons. The zero-order valence-corrected chi connectivity index (χ0v) is 37.5. The van der Waals surface area contributed by atoms with Crippen LogP contribution in [0.4, 0.5) is 0 Å². The van der Waals surface area contributed by atoms with Gasteiger partial charge in [0.05, 0.1) is 0 Å². The standard InChI is InChI=1S/C31H37.C9H13.C8H8.2ClH.Zr/c1-28(2,3)26-16-30(7,8)24-12-18-11-19-13-25-23(15-21(19)20(18)14-22(24)26)27(29(4,5)6)17-31(25,9)10;1-9(2,3)8-6-4-5-7-8;1-2-8-6-4-3-5-7-8;;;/h11-17H,1-10H3;6-7H,4H2,1-3H3;3-7H,1H3;2*1H;/q;;;;;+2/p-2. The van der Waals surface area contributed by atoms with E-state index < -0.39 is 21.3 Å². The van der Waals surface area contributed by atoms with Crippen LogP contribution in [0.15, 0.2) is 87.8 Å². The average molecular weight is 797 g/mol. The molecule has 0 unspecified atom stereocenters. The Morgan fingerprint density at radius 1 is 0.627 bits per heavy atom. The molecule has 0 spiro atoms. The normalized spacial score (nSPS) is 18.7. The predicted molar refractivity (Wildman–Crippen MR) is 211 cm³/mol. The third-order valence-corrected chi connectivity index (χ3v) is 20.1. The molecular weight excluding hydrogens is 739 g/mol. The summed E-state index contributed by atoms with van der Waals surface area (Å²) in [5, 5.41) is 0. The minimum Gasteiger partial charge on any atom is -1.00 e. The number of hydrogen-bond acceptors (Lipinski definition) is 0. The number of allylic oxidation sites excluding steroid dienone is 8. The van der Waals surface area contributed by atoms with Crippen LogP contribution in [-0.2, 0) is 32.1 Å². The zero-order valence-electron chi connectivity index (χ0n) is 33.5. The van der Waals surface area contributed by atoms with Crippen LogP contribution in [0.5, 0.6) is 0 Å². The fourth-order valence-electron chi connectivity index (χ4n) is 9.16. The summed E-state index contributed by atoms with van der Waals surface area (Å²) in [6, 6.07) is 22.1. The molecule has 0 aliphatic heterocycles. The van der Waals surface area contributed by atoms with Crippen LogP contribution in [0.25, 0.3) is 22.3 Å². The fourth-order valence-corrected chi connectivity index (χ4v) is 17.8. The molecule has 0 nitrogen and oxygen atoms in total. The van der Waals surface area contributed by atoms with Gasteiger partial charge in [-0.3, -0.25) is 0 Å². The van der Waals surface area contributed by atoms with Crippen molar-refractivity contribution < 1.29 is 46.1 Å². The maximum Gasteiger partial charge on any atom is -1.00 e. The monoisotopic (exact) mass is 794 g/mol. The second kappa shape index (κ2) is 13.1. The van der Waals surface area contributed by atoms with Gasteiger partial charge in [0.15, 0.2) is 0 Å². The SMILES string of the molecule is C/[C](c1ccccc1)=[Zr+2](/[C]1=CC(C(C)(C)C)=CC1)[CH]1c2cc3c(cc2-c2cc4c(cc21)C(C)(C)C=C4C(C)(C)C)C(C(C)(C)C)=CC3(C)C.[Cl-].[Cl-]. The molecule has 0 fully saturated rings. The average Bonchev–Trinajstić information content (AvgIpc) is 3.73. The van der Waals surface area contributed by atoms with E-state index in [4.69, 9.17) is 0 Å². The van der Waals surface area contributed by atoms with Crippen LogP contribution in [0.1, 0.15) is 146 Å². The van der Waals surface area contributed by atoms with Crippen LogP contribution in [0.3, 0.4) is 0 Å². The molecular formula is C48H58Cl2Zr. The Morgan fingerprint density at radius 3 is 1.47 bits per heavy atom. The predicted octanol–water partition coefficient (Wildman–Crippen LogP) is 7.32. The van der Waals surface area contributed by atoms with E-state index in [1.807, 2.05) is 0 Å². The fraction of sp³-hybridized carbons (Fsp3) is 0.438. The molecule has 3 aromatic rings. The van der Waals surface area contributed by atoms with Gasteiger partial charge in [0.1, 0.15) is 0 Å². The van der Waals surface area contributed by atoms with E-state index in [-0.39, 0.29) is 51.9 Å². The molecule has 0 saturated carbocycles. The Hall–Kier alpha value is -2.05. The Morgan fingerprint density at radius 2 is 1.08 bits per heavy atom. The van der Waals surface area contributed by atoms with Gasteiger partial charge >= 0.3 is 307 Å². The van der Waals surface area contributed by atoms with Gasteiger partial charge in [-0.1, -0.05) is 0 Å². The number of fused-ring (bicyclic) bond motifs is 5. The molecule has 0 bridgehead atoms. The number of rotatable bonds is 3. The Balaban J connectivity index is 0.00000252. The number of benzene rings is 3. The molecule has 0 atom stereocenters. The first-order valence-corrected chi connectivity index (χ1v) is 22.5. The van der Waals surface area contributed by atoms with Crippen molar-refractivity contribution in [2.75, 3.05) is 0 Å². The van der Waals surface area contributed by atoms with Crippen molar-refractivity contribution in [3.05, 3.63) is 127 Å². The van der Waals surface area contributed by atoms with Crippen molar-refractivity contribution >= 4 is 14.4 Å². The van der Waals surface area contributed by atoms with Gasteiger partial charge in [-0.2, -0.15) is 0 Å². The summed E-state index contributed by atoms with van der Waals surface area (Å²) in [6.45, 7) is 33.7. The third-order valence-electron chi connectivity index (χ3n) is 11.9. The maximum atomic E-state index is 2.70. The molecule has 3 heteroatoms. The molecule has 7 rings (SSSR count). The molecule has 4 aliphatic rings. The van der Waals surface area contributed by atoms with Gasteiger partial charge in [-0.25, -0.2) is 0 Å². The molecule has 0 radical (unpaired) electrons. The number of halogens is 2. The Labute approximate surface area is 330 Å². The van der Waals surface area contributed by atoms with Gasteiger partial charge in [-0.05, 0) is 0 Å². The molecule has 0 heterocycles. The molecule has 51 heavy (non-hydrogen) atoms. The van der Waals surface area contributed by atoms with Crippen LogP contribution < -0.4 is 24.8 Å². The summed E-state index contributed by atoms with van der Waals surface area (Å²) in [7, 11) is 0. The first-order valence-electron chi connectivity index (χ1n) is 18.6. The first kappa shape index (κ1) is 40.1. The van der Waals surface area contributed by atoms with Crippen molar-refractivity contribution in [2.45, 2.75) is 118 Å². The minimum absolute atomic E-state index is 0. The van der Waals surface area contributed by atoms with Crippen LogP contribution in [0, 0.1) is 16.2 Å². The largest absolute Gasteiger partial charge is 1.00 e. The van der Waals surface area contributed by atoms with Gasteiger partial charge < -0.3 is 24.8 Å². The maximum absolute atomic E-state index is 2.70. The molecule has 0 amide bonds. The van der Waals surface area contributed by atoms with Crippen LogP contribution in [0.2, 0.25) is 0 Å². The summed E-state index contributed by atoms with van der Waals surface area (Å²) in [4.78, 5) is 0. The van der Waals surface area contributed by atoms with E-state index in [0.717, 1.165) is 6.42 Å². The minimum atomic E-state index is -2.64. The van der Waals surface area contributed by atoms with E-state index in [1.165, 1.54) is 55.7 Å². The van der Waals surface area contributed by atoms with Gasteiger partial charge in [0.25, 0.3) is 0 Å². The van der Waals surface area contributed by atoms with Crippen molar-refractivity contribution in [1.29, 1.82) is 0 Å². The molecule has 0 aromatic heterocycles. The second-order valence-electron chi connectivity index (χ2n) is 19.7. The molecule has 0 N–H and O–H groups in total. The van der Waals surface area contributed by atoms with Gasteiger partial charge in [0, 0.05) is 0 Å². The third kappa shape index (κ3) is 6.70. The van der Waals surface area contributed by atoms with Crippen molar-refractivity contribution in [3.8, 4) is 11.1 Å². The smallest absolute Gasteiger partial charge is 1.00 e. The summed E-state index contributed by atoms with van der Waals surface area (Å²) in [6.07, 6.45) is 11.5. The summed E-state index contributed by atoms with van der Waals surface area (Å²) in [5.74, 6) is 0. The summed E-state index contributed by atoms with van der Waals surface area (Å²) >= 11 is -2.64. The van der Waals surface area contributed by atoms with Crippen LogP contribution >= 0.6 is 0 Å². The first-order chi connectivity index (χ1) is 22.6. The zero-order chi connectivity index (χ0) is 35.6. The van der Waals surface area contributed by atoms with Crippen molar-refractivity contribution in [1.82, 2.24) is 0 Å². The summed E-state index contributed by atoms with van der Waals surface area (Å²) in [5.41, 5.74) is 18.5. The van der Waals surface area contributed by atoms with E-state index in [2.05, 4.69) is 176 Å². The van der Waals surface area contributed by atoms with Crippen molar-refractivity contribution in [3.63, 3.8) is 0 Å². The molecule has 0 saturated heterocycles. The summed E-state index contributed by atoms with van der Waals surface area (Å²) < 4.78 is 3.85. The molecule has 4 aliphatic carbocycles. The Bertz CT molecular complexity index is 1980. The van der Waals surface area contributed by atoms with E-state index >= 15 is 0 Å². The quantitative estimate of drug-likeness (QED) is 0.261. The van der Waals surface area contributed by atoms with E-state index in [0.29, 0.717) is 3.63 Å².